The van der Waals surface area contributed by atoms with E-state index >= 15 is 0 Å². The van der Waals surface area contributed by atoms with Gasteiger partial charge in [-0.2, -0.15) is 0 Å². The van der Waals surface area contributed by atoms with Gasteiger partial charge in [-0.25, -0.2) is 0 Å². The first kappa shape index (κ1) is 33.0. The van der Waals surface area contributed by atoms with Crippen LogP contribution in [0.15, 0.2) is 60.7 Å². The summed E-state index contributed by atoms with van der Waals surface area (Å²) in [5, 5.41) is 80.7. The molecule has 8 N–H and O–H groups in total. The van der Waals surface area contributed by atoms with E-state index in [2.05, 4.69) is 0 Å². The third-order valence-corrected chi connectivity index (χ3v) is 7.08. The second kappa shape index (κ2) is 15.7. The molecule has 2 aromatic carbocycles. The Morgan fingerprint density at radius 2 is 1.09 bits per heavy atom. The van der Waals surface area contributed by atoms with Crippen LogP contribution in [-0.2, 0) is 23.7 Å². The average molecular weight is 607 g/mol. The first-order valence-corrected chi connectivity index (χ1v) is 13.8. The fourth-order valence-electron chi connectivity index (χ4n) is 4.72. The van der Waals surface area contributed by atoms with Gasteiger partial charge in [0, 0.05) is 0 Å². The van der Waals surface area contributed by atoms with Gasteiger partial charge >= 0.3 is 0 Å². The third kappa shape index (κ3) is 8.59. The molecule has 2 heterocycles. The van der Waals surface area contributed by atoms with E-state index in [1.807, 2.05) is 0 Å². The Balaban J connectivity index is 1.48. The van der Waals surface area contributed by atoms with Gasteiger partial charge in [0.15, 0.2) is 12.6 Å². The highest BCUT2D eigenvalue weighted by Gasteiger charge is 2.51. The van der Waals surface area contributed by atoms with Crippen LogP contribution in [0.1, 0.15) is 11.1 Å². The summed E-state index contributed by atoms with van der Waals surface area (Å²) >= 11 is 0. The second-order valence-electron chi connectivity index (χ2n) is 10.1. The first-order chi connectivity index (χ1) is 20.7. The predicted molar refractivity (Wildman–Crippen MR) is 150 cm³/mol. The number of phenolic OH excluding ortho intramolecular Hbond substituents is 2. The molecule has 0 aliphatic carbocycles. The minimum absolute atomic E-state index is 0.00385. The predicted octanol–water partition coefficient (Wildman–Crippen LogP) is -0.511. The monoisotopic (exact) mass is 606 g/mol. The molecule has 13 nitrogen and oxygen atoms in total. The summed E-state index contributed by atoms with van der Waals surface area (Å²) in [7, 11) is 0. The minimum Gasteiger partial charge on any atom is -0.508 e. The van der Waals surface area contributed by atoms with Crippen LogP contribution in [0.3, 0.4) is 0 Å². The van der Waals surface area contributed by atoms with Crippen molar-refractivity contribution in [2.45, 2.75) is 61.4 Å². The van der Waals surface area contributed by atoms with Crippen LogP contribution >= 0.6 is 0 Å². The number of phenols is 2. The lowest BCUT2D eigenvalue weighted by Crippen LogP contribution is -2.65. The Morgan fingerprint density at radius 1 is 0.581 bits per heavy atom. The summed E-state index contributed by atoms with van der Waals surface area (Å²) in [5.41, 5.74) is 1.57. The van der Waals surface area contributed by atoms with Gasteiger partial charge in [0.05, 0.1) is 26.4 Å². The smallest absolute Gasteiger partial charge is 0.187 e. The quantitative estimate of drug-likeness (QED) is 0.153. The zero-order valence-corrected chi connectivity index (χ0v) is 23.1. The van der Waals surface area contributed by atoms with Crippen LogP contribution in [0.2, 0.25) is 0 Å². The van der Waals surface area contributed by atoms with Gasteiger partial charge < -0.3 is 64.5 Å². The van der Waals surface area contributed by atoms with Crippen molar-refractivity contribution >= 4 is 12.2 Å². The molecule has 2 aliphatic heterocycles. The van der Waals surface area contributed by atoms with Gasteiger partial charge in [-0.15, -0.1) is 0 Å². The highest BCUT2D eigenvalue weighted by molar-refractivity contribution is 5.51. The molecular weight excluding hydrogens is 568 g/mol. The molecule has 0 saturated carbocycles. The number of aromatic hydroxyl groups is 2. The summed E-state index contributed by atoms with van der Waals surface area (Å²) < 4.78 is 28.9. The molecule has 2 fully saturated rings. The number of benzene rings is 2. The molecule has 0 amide bonds. The molecule has 0 bridgehead atoms. The fraction of sp³-hybridized carbons (Fsp3) is 0.467. The van der Waals surface area contributed by atoms with Crippen LogP contribution in [0, 0.1) is 0 Å². The number of aliphatic hydroxyl groups excluding tert-OH is 6. The molecule has 236 valence electrons. The molecular formula is C30H38O13. The zero-order chi connectivity index (χ0) is 30.9. The Kier molecular flexibility index (Phi) is 12.0. The molecule has 0 radical (unpaired) electrons. The van der Waals surface area contributed by atoms with E-state index in [-0.39, 0.29) is 24.7 Å². The van der Waals surface area contributed by atoms with E-state index in [0.29, 0.717) is 0 Å². The normalized spacial score (nSPS) is 33.3. The second-order valence-corrected chi connectivity index (χ2v) is 10.1. The maximum Gasteiger partial charge on any atom is 0.187 e. The Morgan fingerprint density at radius 3 is 1.63 bits per heavy atom. The lowest BCUT2D eigenvalue weighted by atomic mass is 9.97. The van der Waals surface area contributed by atoms with Crippen LogP contribution < -0.4 is 0 Å². The maximum absolute atomic E-state index is 11.4. The van der Waals surface area contributed by atoms with Crippen LogP contribution in [-0.4, -0.2) is 129 Å². The Hall–Kier alpha value is -2.92. The number of rotatable bonds is 12. The largest absolute Gasteiger partial charge is 0.508 e. The van der Waals surface area contributed by atoms with E-state index in [0.717, 1.165) is 11.1 Å². The average Bonchev–Trinajstić information content (AvgIpc) is 3.01. The molecule has 0 spiro atoms. The van der Waals surface area contributed by atoms with Crippen molar-refractivity contribution in [2.24, 2.45) is 0 Å². The van der Waals surface area contributed by atoms with Gasteiger partial charge in [0.2, 0.25) is 0 Å². The van der Waals surface area contributed by atoms with Gasteiger partial charge in [0.1, 0.15) is 60.3 Å². The molecule has 0 unspecified atom stereocenters. The van der Waals surface area contributed by atoms with Crippen LogP contribution in [0.4, 0.5) is 0 Å². The maximum atomic E-state index is 11.4. The van der Waals surface area contributed by atoms with E-state index < -0.39 is 74.6 Å². The minimum atomic E-state index is -1.75. The highest BCUT2D eigenvalue weighted by atomic mass is 16.8. The summed E-state index contributed by atoms with van der Waals surface area (Å²) in [6.07, 6.45) is -7.50. The van der Waals surface area contributed by atoms with Crippen molar-refractivity contribution in [3.8, 4) is 11.5 Å². The van der Waals surface area contributed by atoms with Gasteiger partial charge in [0.25, 0.3) is 0 Å². The van der Waals surface area contributed by atoms with E-state index in [4.69, 9.17) is 23.7 Å². The number of ether oxygens (including phenoxy) is 5. The Bertz CT molecular complexity index is 1170. The van der Waals surface area contributed by atoms with Gasteiger partial charge in [-0.3, -0.25) is 0 Å². The van der Waals surface area contributed by atoms with Crippen molar-refractivity contribution in [1.82, 2.24) is 0 Å². The molecule has 4 rings (SSSR count). The lowest BCUT2D eigenvalue weighted by Gasteiger charge is -2.46. The molecule has 2 aromatic rings. The lowest BCUT2D eigenvalue weighted by molar-refractivity contribution is -0.368. The zero-order valence-electron chi connectivity index (χ0n) is 23.1. The molecule has 43 heavy (non-hydrogen) atoms. The van der Waals surface area contributed by atoms with E-state index in [9.17, 15) is 40.9 Å². The molecule has 0 aromatic heterocycles. The van der Waals surface area contributed by atoms with Gasteiger partial charge in [-0.05, 0) is 35.4 Å². The van der Waals surface area contributed by atoms with Crippen molar-refractivity contribution in [3.63, 3.8) is 0 Å². The van der Waals surface area contributed by atoms with Crippen LogP contribution in [0.5, 0.6) is 11.5 Å². The summed E-state index contributed by atoms with van der Waals surface area (Å²) in [5.74, 6) is 0.244. The number of aliphatic hydroxyl groups is 6. The summed E-state index contributed by atoms with van der Waals surface area (Å²) in [4.78, 5) is 0. The number of hydrogen-bond donors (Lipinski definition) is 8. The van der Waals surface area contributed by atoms with E-state index in [1.165, 1.54) is 24.3 Å². The molecule has 2 aliphatic rings. The third-order valence-electron chi connectivity index (χ3n) is 7.08. The van der Waals surface area contributed by atoms with Crippen LogP contribution in [0.25, 0.3) is 12.2 Å². The number of hydrogen-bond acceptors (Lipinski definition) is 13. The molecule has 2 saturated heterocycles. The van der Waals surface area contributed by atoms with Crippen molar-refractivity contribution < 1.29 is 64.5 Å². The highest BCUT2D eigenvalue weighted by Crippen LogP contribution is 2.31. The molecule has 10 atom stereocenters. The van der Waals surface area contributed by atoms with Crippen molar-refractivity contribution in [3.05, 3.63) is 71.8 Å². The standard InChI is InChI=1S/C30H38O13/c31-15-21-23(35)24(36)25(37)29(41-21)43-28-26(38)27(39-13-1-3-17-5-9-19(33)10-6-17)22(16-32)42-30(28)40-14-2-4-18-7-11-20(34)12-8-18/h1-12,21-38H,13-16H2/b3-1+,4-2+/t21-,22-,23-,24+,25-,26+,27-,28-,29+,30-/m1/s1. The summed E-state index contributed by atoms with van der Waals surface area (Å²) in [6.45, 7) is -1.26. The molecule has 13 heteroatoms. The Labute approximate surface area is 248 Å². The van der Waals surface area contributed by atoms with Crippen molar-refractivity contribution in [2.75, 3.05) is 26.4 Å². The SMILES string of the molecule is OC[C@H]1O[C@@H](O[C@H]2[C@H](OC/C=C/c3ccc(O)cc3)O[C@H](CO)[C@@H](OC/C=C/c3ccc(O)cc3)[C@@H]2O)[C@H](O)[C@@H](O)[C@@H]1O. The van der Waals surface area contributed by atoms with E-state index in [1.54, 1.807) is 48.6 Å². The summed E-state index contributed by atoms with van der Waals surface area (Å²) in [6, 6.07) is 12.9. The first-order valence-electron chi connectivity index (χ1n) is 13.8. The van der Waals surface area contributed by atoms with Gasteiger partial charge in [-0.1, -0.05) is 48.6 Å². The van der Waals surface area contributed by atoms with Crippen molar-refractivity contribution in [1.29, 1.82) is 0 Å². The fourth-order valence-corrected chi connectivity index (χ4v) is 4.72. The topological polar surface area (TPSA) is 208 Å².